The summed E-state index contributed by atoms with van der Waals surface area (Å²) in [7, 11) is 1.77. The van der Waals surface area contributed by atoms with Crippen LogP contribution in [0.2, 0.25) is 0 Å². The van der Waals surface area contributed by atoms with Gasteiger partial charge in [0, 0.05) is 13.0 Å². The minimum absolute atomic E-state index is 0.127. The van der Waals surface area contributed by atoms with E-state index in [1.807, 2.05) is 23.1 Å². The topological polar surface area (TPSA) is 61.8 Å². The van der Waals surface area contributed by atoms with Crippen LogP contribution in [-0.4, -0.2) is 54.4 Å². The second kappa shape index (κ2) is 7.99. The Morgan fingerprint density at radius 1 is 1.21 bits per heavy atom. The van der Waals surface area contributed by atoms with E-state index >= 15 is 0 Å². The number of nitrogens with one attached hydrogen (secondary N) is 1. The van der Waals surface area contributed by atoms with Gasteiger partial charge in [0.2, 0.25) is 0 Å². The van der Waals surface area contributed by atoms with Crippen LogP contribution in [0.15, 0.2) is 48.5 Å². The van der Waals surface area contributed by atoms with Gasteiger partial charge in [-0.2, -0.15) is 0 Å². The van der Waals surface area contributed by atoms with Gasteiger partial charge in [-0.25, -0.2) is 4.39 Å². The molecule has 0 bridgehead atoms. The molecule has 6 heteroatoms. The molecule has 4 atom stereocenters. The smallest absolute Gasteiger partial charge is 0.252 e. The Labute approximate surface area is 164 Å². The molecule has 4 rings (SSSR count). The number of likely N-dealkylation sites (N-methyl/N-ethyl adjacent to an activating group) is 1. The molecule has 1 amide bonds. The van der Waals surface area contributed by atoms with Gasteiger partial charge in [0.05, 0.1) is 24.8 Å². The normalized spacial score (nSPS) is 27.3. The molecule has 1 fully saturated rings. The predicted molar refractivity (Wildman–Crippen MR) is 103 cm³/mol. The molecule has 0 spiro atoms. The first kappa shape index (κ1) is 19.1. The Kier molecular flexibility index (Phi) is 5.44. The minimum Gasteiger partial charge on any atom is -0.391 e. The number of aliphatic hydroxyl groups is 1. The van der Waals surface area contributed by atoms with Crippen LogP contribution in [0.3, 0.4) is 0 Å². The van der Waals surface area contributed by atoms with E-state index in [2.05, 4.69) is 11.4 Å². The molecule has 0 radical (unpaired) electrons. The molecule has 2 aliphatic heterocycles. The number of amides is 1. The van der Waals surface area contributed by atoms with Gasteiger partial charge in [-0.1, -0.05) is 36.4 Å². The van der Waals surface area contributed by atoms with Crippen molar-refractivity contribution in [3.63, 3.8) is 0 Å². The SMILES string of the molecule is CN[C@@H]1CO[C@@H](C(=O)N2CCc3ccccc3[C@@H]2c2ccc(F)cc2)C[C@@H]1O. The lowest BCUT2D eigenvalue weighted by molar-refractivity contribution is -0.155. The molecular formula is C22H25FN2O3. The zero-order chi connectivity index (χ0) is 19.7. The standard InChI is InChI=1S/C22H25FN2O3/c1-24-18-13-28-20(12-19(18)26)22(27)25-11-10-14-4-2-3-5-17(14)21(25)15-6-8-16(23)9-7-15/h2-9,18-21,24,26H,10-13H2,1H3/t18-,19+,20-,21+/m1/s1. The zero-order valence-electron chi connectivity index (χ0n) is 15.8. The van der Waals surface area contributed by atoms with Gasteiger partial charge in [-0.3, -0.25) is 4.79 Å². The fourth-order valence-electron chi connectivity index (χ4n) is 4.22. The monoisotopic (exact) mass is 384 g/mol. The van der Waals surface area contributed by atoms with Crippen LogP contribution in [0.25, 0.3) is 0 Å². The molecular weight excluding hydrogens is 359 g/mol. The highest BCUT2D eigenvalue weighted by Gasteiger charge is 2.39. The molecule has 0 aliphatic carbocycles. The van der Waals surface area contributed by atoms with Gasteiger partial charge < -0.3 is 20.1 Å². The molecule has 1 saturated heterocycles. The highest BCUT2D eigenvalue weighted by molar-refractivity contribution is 5.82. The molecule has 2 N–H and O–H groups in total. The quantitative estimate of drug-likeness (QED) is 0.850. The van der Waals surface area contributed by atoms with Crippen molar-refractivity contribution in [3.8, 4) is 0 Å². The van der Waals surface area contributed by atoms with Crippen LogP contribution in [0.4, 0.5) is 4.39 Å². The number of carbonyl (C=O) groups excluding carboxylic acids is 1. The predicted octanol–water partition coefficient (Wildman–Crippen LogP) is 2.04. The van der Waals surface area contributed by atoms with E-state index < -0.39 is 12.2 Å². The summed E-state index contributed by atoms with van der Waals surface area (Å²) in [5, 5.41) is 13.3. The minimum atomic E-state index is -0.673. The van der Waals surface area contributed by atoms with E-state index in [9.17, 15) is 14.3 Å². The average Bonchev–Trinajstić information content (AvgIpc) is 2.73. The Morgan fingerprint density at radius 2 is 1.96 bits per heavy atom. The molecule has 0 unspecified atom stereocenters. The summed E-state index contributed by atoms with van der Waals surface area (Å²) >= 11 is 0. The number of fused-ring (bicyclic) bond motifs is 1. The Balaban J connectivity index is 1.65. The van der Waals surface area contributed by atoms with Gasteiger partial charge >= 0.3 is 0 Å². The third-order valence-electron chi connectivity index (χ3n) is 5.80. The zero-order valence-corrected chi connectivity index (χ0v) is 15.8. The fraction of sp³-hybridized carbons (Fsp3) is 0.409. The largest absolute Gasteiger partial charge is 0.391 e. The maximum absolute atomic E-state index is 13.5. The third kappa shape index (κ3) is 3.55. The Morgan fingerprint density at radius 3 is 2.68 bits per heavy atom. The Hall–Kier alpha value is -2.28. The first-order valence-electron chi connectivity index (χ1n) is 9.69. The molecule has 2 aliphatic rings. The fourth-order valence-corrected chi connectivity index (χ4v) is 4.22. The van der Waals surface area contributed by atoms with Crippen molar-refractivity contribution in [3.05, 3.63) is 71.0 Å². The van der Waals surface area contributed by atoms with Crippen molar-refractivity contribution in [1.29, 1.82) is 0 Å². The number of hydrogen-bond acceptors (Lipinski definition) is 4. The maximum Gasteiger partial charge on any atom is 0.252 e. The van der Waals surface area contributed by atoms with E-state index in [-0.39, 0.29) is 30.2 Å². The number of ether oxygens (including phenoxy) is 1. The second-order valence-corrected chi connectivity index (χ2v) is 7.45. The summed E-state index contributed by atoms with van der Waals surface area (Å²) in [6, 6.07) is 13.9. The van der Waals surface area contributed by atoms with Crippen LogP contribution >= 0.6 is 0 Å². The first-order chi connectivity index (χ1) is 13.6. The van der Waals surface area contributed by atoms with Crippen molar-refractivity contribution in [2.45, 2.75) is 37.1 Å². The molecule has 0 saturated carbocycles. The van der Waals surface area contributed by atoms with E-state index in [1.54, 1.807) is 19.2 Å². The summed E-state index contributed by atoms with van der Waals surface area (Å²) in [5.74, 6) is -0.431. The summed E-state index contributed by atoms with van der Waals surface area (Å²) in [4.78, 5) is 15.2. The highest BCUT2D eigenvalue weighted by Crippen LogP contribution is 2.36. The lowest BCUT2D eigenvalue weighted by Gasteiger charge is -2.41. The number of nitrogens with zero attached hydrogens (tertiary/aromatic N) is 1. The van der Waals surface area contributed by atoms with Crippen LogP contribution in [0, 0.1) is 5.82 Å². The second-order valence-electron chi connectivity index (χ2n) is 7.45. The molecule has 2 aromatic rings. The maximum atomic E-state index is 13.5. The van der Waals surface area contributed by atoms with Gasteiger partial charge in [-0.05, 0) is 42.3 Å². The summed E-state index contributed by atoms with van der Waals surface area (Å²) in [6.45, 7) is 0.850. The van der Waals surface area contributed by atoms with E-state index in [1.165, 1.54) is 17.7 Å². The van der Waals surface area contributed by atoms with Gasteiger partial charge in [0.15, 0.2) is 0 Å². The summed E-state index contributed by atoms with van der Waals surface area (Å²) in [6.07, 6.45) is -0.283. The van der Waals surface area contributed by atoms with Crippen molar-refractivity contribution >= 4 is 5.91 Å². The van der Waals surface area contributed by atoms with E-state index in [0.29, 0.717) is 13.2 Å². The lowest BCUT2D eigenvalue weighted by Crippen LogP contribution is -2.54. The molecule has 2 aromatic carbocycles. The lowest BCUT2D eigenvalue weighted by atomic mass is 9.87. The molecule has 0 aromatic heterocycles. The van der Waals surface area contributed by atoms with Crippen LogP contribution in [-0.2, 0) is 16.0 Å². The highest BCUT2D eigenvalue weighted by atomic mass is 19.1. The van der Waals surface area contributed by atoms with Gasteiger partial charge in [-0.15, -0.1) is 0 Å². The Bertz CT molecular complexity index is 842. The molecule has 148 valence electrons. The molecule has 2 heterocycles. The number of halogens is 1. The van der Waals surface area contributed by atoms with Crippen molar-refractivity contribution in [1.82, 2.24) is 10.2 Å². The number of benzene rings is 2. The van der Waals surface area contributed by atoms with E-state index in [0.717, 1.165) is 17.5 Å². The van der Waals surface area contributed by atoms with Crippen LogP contribution in [0.5, 0.6) is 0 Å². The van der Waals surface area contributed by atoms with Crippen LogP contribution in [0.1, 0.15) is 29.2 Å². The van der Waals surface area contributed by atoms with E-state index in [4.69, 9.17) is 4.74 Å². The van der Waals surface area contributed by atoms with Crippen molar-refractivity contribution in [2.24, 2.45) is 0 Å². The molecule has 28 heavy (non-hydrogen) atoms. The van der Waals surface area contributed by atoms with Crippen LogP contribution < -0.4 is 5.32 Å². The number of rotatable bonds is 3. The van der Waals surface area contributed by atoms with Crippen molar-refractivity contribution in [2.75, 3.05) is 20.2 Å². The number of aliphatic hydroxyl groups excluding tert-OH is 1. The third-order valence-corrected chi connectivity index (χ3v) is 5.80. The first-order valence-corrected chi connectivity index (χ1v) is 9.69. The average molecular weight is 384 g/mol. The number of carbonyl (C=O) groups is 1. The van der Waals surface area contributed by atoms with Gasteiger partial charge in [0.25, 0.3) is 5.91 Å². The summed E-state index contributed by atoms with van der Waals surface area (Å²) in [5.41, 5.74) is 3.12. The molecule has 5 nitrogen and oxygen atoms in total. The van der Waals surface area contributed by atoms with Crippen molar-refractivity contribution < 1.29 is 19.0 Å². The number of hydrogen-bond donors (Lipinski definition) is 2. The van der Waals surface area contributed by atoms with Gasteiger partial charge in [0.1, 0.15) is 11.9 Å². The summed E-state index contributed by atoms with van der Waals surface area (Å²) < 4.78 is 19.3.